The molecule has 36 heavy (non-hydrogen) atoms. The summed E-state index contributed by atoms with van der Waals surface area (Å²) in [5.74, 6) is 0.781. The summed E-state index contributed by atoms with van der Waals surface area (Å²) in [6, 6.07) is 24.5. The number of fused-ring (bicyclic) bond motifs is 3. The molecule has 0 radical (unpaired) electrons. The van der Waals surface area contributed by atoms with E-state index < -0.39 is 0 Å². The number of hydrogen-bond acceptors (Lipinski definition) is 5. The summed E-state index contributed by atoms with van der Waals surface area (Å²) in [6.07, 6.45) is 3.76. The number of aryl methyl sites for hydroxylation is 1. The molecule has 0 amide bonds. The van der Waals surface area contributed by atoms with Gasteiger partial charge in [-0.15, -0.1) is 0 Å². The van der Waals surface area contributed by atoms with Crippen LogP contribution in [0.25, 0.3) is 11.8 Å². The zero-order valence-electron chi connectivity index (χ0n) is 20.6. The van der Waals surface area contributed by atoms with E-state index in [0.29, 0.717) is 4.53 Å². The van der Waals surface area contributed by atoms with Crippen LogP contribution in [0.1, 0.15) is 34.7 Å². The molecule has 1 atom stereocenters. The monoisotopic (exact) mass is 493 g/mol. The van der Waals surface area contributed by atoms with Gasteiger partial charge in [0.15, 0.2) is 4.80 Å². The molecular formula is C30H27N3O2S. The fraction of sp³-hybridized carbons (Fsp3) is 0.200. The van der Waals surface area contributed by atoms with E-state index in [1.54, 1.807) is 7.11 Å². The minimum Gasteiger partial charge on any atom is -0.496 e. The minimum absolute atomic E-state index is 0.0169. The van der Waals surface area contributed by atoms with Crippen LogP contribution in [-0.2, 0) is 6.42 Å². The quantitative estimate of drug-likeness (QED) is 0.424. The van der Waals surface area contributed by atoms with Crippen molar-refractivity contribution >= 4 is 28.8 Å². The number of aromatic nitrogens is 1. The molecule has 4 aromatic rings. The number of rotatable bonds is 4. The van der Waals surface area contributed by atoms with Crippen LogP contribution in [0.4, 0.5) is 5.69 Å². The lowest BCUT2D eigenvalue weighted by molar-refractivity contribution is 0.402. The maximum Gasteiger partial charge on any atom is 0.271 e. The second-order valence-electron chi connectivity index (χ2n) is 9.34. The average Bonchev–Trinajstić information content (AvgIpc) is 3.22. The highest BCUT2D eigenvalue weighted by molar-refractivity contribution is 7.07. The number of para-hydroxylation sites is 1. The number of methoxy groups -OCH3 is 1. The SMILES string of the molecule is COc1ccccc1[C@H]1C2=C(N=c3s/c(=C\c4ccc(N(C)C)cc4)c(=O)n31)c1ccccc1CC2. The molecular weight excluding hydrogens is 466 g/mol. The molecule has 3 aromatic carbocycles. The maximum absolute atomic E-state index is 13.9. The summed E-state index contributed by atoms with van der Waals surface area (Å²) in [4.78, 5) is 21.8. The first-order chi connectivity index (χ1) is 17.5. The van der Waals surface area contributed by atoms with Crippen LogP contribution in [0.15, 0.2) is 88.2 Å². The Morgan fingerprint density at radius 3 is 2.53 bits per heavy atom. The third-order valence-electron chi connectivity index (χ3n) is 7.01. The number of allylic oxidation sites excluding steroid dienone is 1. The first-order valence-corrected chi connectivity index (χ1v) is 12.9. The Morgan fingerprint density at radius 1 is 1.00 bits per heavy atom. The van der Waals surface area contributed by atoms with Gasteiger partial charge in [0.1, 0.15) is 5.75 Å². The molecule has 0 bridgehead atoms. The lowest BCUT2D eigenvalue weighted by atomic mass is 9.83. The predicted molar refractivity (Wildman–Crippen MR) is 147 cm³/mol. The zero-order chi connectivity index (χ0) is 24.8. The van der Waals surface area contributed by atoms with E-state index in [4.69, 9.17) is 9.73 Å². The second kappa shape index (κ2) is 8.95. The van der Waals surface area contributed by atoms with Crippen LogP contribution < -0.4 is 24.5 Å². The molecule has 0 N–H and O–H groups in total. The van der Waals surface area contributed by atoms with Gasteiger partial charge in [-0.3, -0.25) is 9.36 Å². The zero-order valence-corrected chi connectivity index (χ0v) is 21.4. The van der Waals surface area contributed by atoms with Gasteiger partial charge in [0.25, 0.3) is 5.56 Å². The topological polar surface area (TPSA) is 46.8 Å². The first kappa shape index (κ1) is 22.6. The van der Waals surface area contributed by atoms with Crippen LogP contribution in [0.3, 0.4) is 0 Å². The summed E-state index contributed by atoms with van der Waals surface area (Å²) < 4.78 is 8.31. The van der Waals surface area contributed by atoms with Gasteiger partial charge in [0, 0.05) is 30.9 Å². The smallest absolute Gasteiger partial charge is 0.271 e. The third kappa shape index (κ3) is 3.69. The van der Waals surface area contributed by atoms with Gasteiger partial charge in [-0.1, -0.05) is 65.9 Å². The van der Waals surface area contributed by atoms with Crippen LogP contribution in [-0.4, -0.2) is 25.8 Å². The molecule has 6 rings (SSSR count). The summed E-state index contributed by atoms with van der Waals surface area (Å²) in [7, 11) is 5.72. The van der Waals surface area contributed by atoms with Gasteiger partial charge in [0.05, 0.1) is 23.4 Å². The second-order valence-corrected chi connectivity index (χ2v) is 10.4. The Labute approximate surface area is 213 Å². The predicted octanol–water partition coefficient (Wildman–Crippen LogP) is 4.39. The molecule has 1 aliphatic carbocycles. The number of anilines is 1. The fourth-order valence-electron chi connectivity index (χ4n) is 5.21. The number of hydrogen-bond donors (Lipinski definition) is 0. The van der Waals surface area contributed by atoms with Crippen LogP contribution in [0, 0.1) is 0 Å². The molecule has 0 saturated heterocycles. The highest BCUT2D eigenvalue weighted by Crippen LogP contribution is 2.43. The Morgan fingerprint density at radius 2 is 1.75 bits per heavy atom. The van der Waals surface area contributed by atoms with Crippen molar-refractivity contribution in [3.63, 3.8) is 0 Å². The van der Waals surface area contributed by atoms with E-state index in [1.165, 1.54) is 22.5 Å². The van der Waals surface area contributed by atoms with Crippen molar-refractivity contribution in [1.29, 1.82) is 0 Å². The van der Waals surface area contributed by atoms with Crippen LogP contribution in [0.5, 0.6) is 5.75 Å². The number of ether oxygens (including phenoxy) is 1. The Balaban J connectivity index is 1.59. The molecule has 0 spiro atoms. The molecule has 2 aliphatic rings. The highest BCUT2D eigenvalue weighted by Gasteiger charge is 2.33. The fourth-order valence-corrected chi connectivity index (χ4v) is 6.21. The van der Waals surface area contributed by atoms with E-state index >= 15 is 0 Å². The lowest BCUT2D eigenvalue weighted by Gasteiger charge is -2.31. The van der Waals surface area contributed by atoms with E-state index in [2.05, 4.69) is 47.4 Å². The molecule has 0 unspecified atom stereocenters. The molecule has 180 valence electrons. The minimum atomic E-state index is -0.251. The largest absolute Gasteiger partial charge is 0.496 e. The number of nitrogens with zero attached hydrogens (tertiary/aromatic N) is 3. The number of benzene rings is 3. The van der Waals surface area contributed by atoms with E-state index in [9.17, 15) is 4.79 Å². The van der Waals surface area contributed by atoms with Crippen molar-refractivity contribution < 1.29 is 4.74 Å². The van der Waals surface area contributed by atoms with Gasteiger partial charge in [-0.2, -0.15) is 0 Å². The van der Waals surface area contributed by atoms with E-state index in [0.717, 1.165) is 51.5 Å². The van der Waals surface area contributed by atoms with Crippen LogP contribution >= 0.6 is 11.3 Å². The Kier molecular flexibility index (Phi) is 5.61. The molecule has 0 fully saturated rings. The normalized spacial score (nSPS) is 16.6. The van der Waals surface area contributed by atoms with Gasteiger partial charge in [0.2, 0.25) is 0 Å². The highest BCUT2D eigenvalue weighted by atomic mass is 32.1. The first-order valence-electron chi connectivity index (χ1n) is 12.1. The maximum atomic E-state index is 13.9. The lowest BCUT2D eigenvalue weighted by Crippen LogP contribution is -2.39. The molecule has 6 heteroatoms. The third-order valence-corrected chi connectivity index (χ3v) is 8.00. The van der Waals surface area contributed by atoms with Crippen molar-refractivity contribution in [3.8, 4) is 5.75 Å². The van der Waals surface area contributed by atoms with E-state index in [-0.39, 0.29) is 11.6 Å². The Hall–Kier alpha value is -3.90. The summed E-state index contributed by atoms with van der Waals surface area (Å²) >= 11 is 1.45. The molecule has 0 saturated carbocycles. The van der Waals surface area contributed by atoms with Gasteiger partial charge < -0.3 is 9.64 Å². The molecule has 1 aliphatic heterocycles. The Bertz CT molecular complexity index is 1680. The van der Waals surface area contributed by atoms with Gasteiger partial charge >= 0.3 is 0 Å². The summed E-state index contributed by atoms with van der Waals surface area (Å²) in [5, 5.41) is 0. The van der Waals surface area contributed by atoms with Crippen molar-refractivity contribution in [1.82, 2.24) is 4.57 Å². The van der Waals surface area contributed by atoms with Crippen LogP contribution in [0.2, 0.25) is 0 Å². The molecule has 2 heterocycles. The summed E-state index contributed by atoms with van der Waals surface area (Å²) in [6.45, 7) is 0. The van der Waals surface area contributed by atoms with Gasteiger partial charge in [-0.25, -0.2) is 4.99 Å². The van der Waals surface area contributed by atoms with Gasteiger partial charge in [-0.05, 0) is 53.8 Å². The molecule has 1 aromatic heterocycles. The molecule has 5 nitrogen and oxygen atoms in total. The van der Waals surface area contributed by atoms with Crippen molar-refractivity contribution in [3.05, 3.63) is 120 Å². The standard InChI is InChI=1S/C30H27N3O2S/c1-32(2)21-15-12-19(13-16-21)18-26-29(34)33-28(23-10-6-7-11-25(23)35-3)24-17-14-20-8-4-5-9-22(20)27(24)31-30(33)36-26/h4-13,15-16,18,28H,14,17H2,1-3H3/b26-18-/t28-/m0/s1. The van der Waals surface area contributed by atoms with Crippen molar-refractivity contribution in [2.24, 2.45) is 4.99 Å². The average molecular weight is 494 g/mol. The number of thiazole rings is 1. The van der Waals surface area contributed by atoms with Crippen molar-refractivity contribution in [2.45, 2.75) is 18.9 Å². The summed E-state index contributed by atoms with van der Waals surface area (Å²) in [5.41, 5.74) is 7.73. The van der Waals surface area contributed by atoms with E-state index in [1.807, 2.05) is 55.1 Å². The van der Waals surface area contributed by atoms with Crippen molar-refractivity contribution in [2.75, 3.05) is 26.1 Å².